The maximum absolute atomic E-state index is 12.2. The van der Waals surface area contributed by atoms with Crippen molar-refractivity contribution in [1.82, 2.24) is 9.78 Å². The van der Waals surface area contributed by atoms with E-state index in [2.05, 4.69) is 5.10 Å². The summed E-state index contributed by atoms with van der Waals surface area (Å²) in [5.41, 5.74) is 2.31. The number of aryl methyl sites for hydroxylation is 1. The molecule has 0 saturated carbocycles. The van der Waals surface area contributed by atoms with Crippen LogP contribution in [0.15, 0.2) is 36.7 Å². The van der Waals surface area contributed by atoms with Gasteiger partial charge in [-0.25, -0.2) is 0 Å². The second kappa shape index (κ2) is 4.41. The van der Waals surface area contributed by atoms with E-state index in [1.807, 2.05) is 43.3 Å². The number of hydrogen-bond acceptors (Lipinski definition) is 3. The Kier molecular flexibility index (Phi) is 2.95. The number of benzene rings is 1. The SMILES string of the molecule is CN(C)c1cccc(C(=O)c2cnn(C)c2)c1. The van der Waals surface area contributed by atoms with Crippen molar-refractivity contribution in [3.63, 3.8) is 0 Å². The Labute approximate surface area is 100 Å². The lowest BCUT2D eigenvalue weighted by Gasteiger charge is -2.12. The van der Waals surface area contributed by atoms with Crippen LogP contribution in [-0.2, 0) is 7.05 Å². The molecular formula is C13H15N3O. The van der Waals surface area contributed by atoms with Crippen molar-refractivity contribution >= 4 is 11.5 Å². The molecule has 0 radical (unpaired) electrons. The molecule has 0 aliphatic rings. The standard InChI is InChI=1S/C13H15N3O/c1-15(2)12-6-4-5-10(7-12)13(17)11-8-14-16(3)9-11/h4-9H,1-3H3. The molecule has 0 aliphatic heterocycles. The highest BCUT2D eigenvalue weighted by molar-refractivity contribution is 6.09. The van der Waals surface area contributed by atoms with Gasteiger partial charge in [0.2, 0.25) is 0 Å². The first-order valence-electron chi connectivity index (χ1n) is 5.38. The lowest BCUT2D eigenvalue weighted by molar-refractivity contribution is 0.103. The topological polar surface area (TPSA) is 38.1 Å². The van der Waals surface area contributed by atoms with E-state index >= 15 is 0 Å². The molecule has 0 atom stereocenters. The van der Waals surface area contributed by atoms with Gasteiger partial charge in [0.05, 0.1) is 11.8 Å². The first kappa shape index (κ1) is 11.4. The molecular weight excluding hydrogens is 214 g/mol. The van der Waals surface area contributed by atoms with Gasteiger partial charge in [-0.1, -0.05) is 12.1 Å². The summed E-state index contributed by atoms with van der Waals surface area (Å²) < 4.78 is 1.63. The van der Waals surface area contributed by atoms with E-state index in [4.69, 9.17) is 0 Å². The maximum atomic E-state index is 12.2. The van der Waals surface area contributed by atoms with Crippen molar-refractivity contribution < 1.29 is 4.79 Å². The Morgan fingerprint density at radius 1 is 1.29 bits per heavy atom. The molecule has 1 heterocycles. The highest BCUT2D eigenvalue weighted by atomic mass is 16.1. The van der Waals surface area contributed by atoms with Crippen molar-refractivity contribution in [2.45, 2.75) is 0 Å². The van der Waals surface area contributed by atoms with Crippen molar-refractivity contribution in [1.29, 1.82) is 0 Å². The Morgan fingerprint density at radius 3 is 2.65 bits per heavy atom. The van der Waals surface area contributed by atoms with Gasteiger partial charge in [0.1, 0.15) is 0 Å². The first-order chi connectivity index (χ1) is 8.08. The zero-order valence-corrected chi connectivity index (χ0v) is 10.2. The molecule has 0 fully saturated rings. The van der Waals surface area contributed by atoms with Crippen LogP contribution in [0.5, 0.6) is 0 Å². The number of hydrogen-bond donors (Lipinski definition) is 0. The molecule has 4 nitrogen and oxygen atoms in total. The fraction of sp³-hybridized carbons (Fsp3) is 0.231. The number of ketones is 1. The van der Waals surface area contributed by atoms with Gasteiger partial charge in [0.15, 0.2) is 5.78 Å². The molecule has 4 heteroatoms. The fourth-order valence-corrected chi connectivity index (χ4v) is 1.63. The molecule has 2 aromatic rings. The van der Waals surface area contributed by atoms with Gasteiger partial charge < -0.3 is 4.90 Å². The van der Waals surface area contributed by atoms with Crippen LogP contribution in [0.4, 0.5) is 5.69 Å². The summed E-state index contributed by atoms with van der Waals surface area (Å²) >= 11 is 0. The quantitative estimate of drug-likeness (QED) is 0.752. The second-order valence-corrected chi connectivity index (χ2v) is 4.18. The van der Waals surface area contributed by atoms with E-state index < -0.39 is 0 Å². The highest BCUT2D eigenvalue weighted by Gasteiger charge is 2.11. The van der Waals surface area contributed by atoms with Crippen LogP contribution in [0.3, 0.4) is 0 Å². The predicted molar refractivity (Wildman–Crippen MR) is 67.4 cm³/mol. The minimum atomic E-state index is 0.00167. The monoisotopic (exact) mass is 229 g/mol. The summed E-state index contributed by atoms with van der Waals surface area (Å²) in [7, 11) is 5.70. The number of rotatable bonds is 3. The normalized spacial score (nSPS) is 10.3. The Morgan fingerprint density at radius 2 is 2.06 bits per heavy atom. The van der Waals surface area contributed by atoms with E-state index in [9.17, 15) is 4.79 Å². The summed E-state index contributed by atoms with van der Waals surface area (Å²) in [6.07, 6.45) is 3.31. The second-order valence-electron chi connectivity index (χ2n) is 4.18. The lowest BCUT2D eigenvalue weighted by atomic mass is 10.1. The largest absolute Gasteiger partial charge is 0.378 e. The van der Waals surface area contributed by atoms with Gasteiger partial charge in [-0.15, -0.1) is 0 Å². The molecule has 0 bridgehead atoms. The van der Waals surface area contributed by atoms with Gasteiger partial charge in [0.25, 0.3) is 0 Å². The number of anilines is 1. The summed E-state index contributed by atoms with van der Waals surface area (Å²) in [5, 5.41) is 4.01. The van der Waals surface area contributed by atoms with Gasteiger partial charge in [-0.2, -0.15) is 5.10 Å². The third kappa shape index (κ3) is 2.36. The summed E-state index contributed by atoms with van der Waals surface area (Å²) in [4.78, 5) is 14.1. The van der Waals surface area contributed by atoms with Crippen molar-refractivity contribution in [2.24, 2.45) is 7.05 Å². The van der Waals surface area contributed by atoms with Gasteiger partial charge in [-0.3, -0.25) is 9.48 Å². The third-order valence-corrected chi connectivity index (χ3v) is 2.59. The van der Waals surface area contributed by atoms with Gasteiger partial charge >= 0.3 is 0 Å². The highest BCUT2D eigenvalue weighted by Crippen LogP contribution is 2.16. The van der Waals surface area contributed by atoms with Crippen LogP contribution in [0.25, 0.3) is 0 Å². The Bertz CT molecular complexity index is 543. The molecule has 0 N–H and O–H groups in total. The average molecular weight is 229 g/mol. The van der Waals surface area contributed by atoms with E-state index in [-0.39, 0.29) is 5.78 Å². The zero-order valence-electron chi connectivity index (χ0n) is 10.2. The Hall–Kier alpha value is -2.10. The zero-order chi connectivity index (χ0) is 12.4. The molecule has 1 aromatic carbocycles. The minimum absolute atomic E-state index is 0.00167. The molecule has 0 aliphatic carbocycles. The van der Waals surface area contributed by atoms with Crippen LogP contribution in [0.2, 0.25) is 0 Å². The lowest BCUT2D eigenvalue weighted by Crippen LogP contribution is -2.09. The molecule has 88 valence electrons. The number of carbonyl (C=O) groups is 1. The van der Waals surface area contributed by atoms with Gasteiger partial charge in [0, 0.05) is 38.6 Å². The summed E-state index contributed by atoms with van der Waals surface area (Å²) in [6.45, 7) is 0. The summed E-state index contributed by atoms with van der Waals surface area (Å²) in [6, 6.07) is 7.57. The molecule has 0 amide bonds. The van der Waals surface area contributed by atoms with Crippen LogP contribution >= 0.6 is 0 Å². The Balaban J connectivity index is 2.34. The van der Waals surface area contributed by atoms with Gasteiger partial charge in [-0.05, 0) is 12.1 Å². The van der Waals surface area contributed by atoms with E-state index in [1.54, 1.807) is 24.1 Å². The molecule has 0 spiro atoms. The smallest absolute Gasteiger partial charge is 0.196 e. The average Bonchev–Trinajstić information content (AvgIpc) is 2.75. The van der Waals surface area contributed by atoms with E-state index in [0.29, 0.717) is 11.1 Å². The van der Waals surface area contributed by atoms with Crippen molar-refractivity contribution in [3.05, 3.63) is 47.8 Å². The first-order valence-corrected chi connectivity index (χ1v) is 5.38. The number of aromatic nitrogens is 2. The van der Waals surface area contributed by atoms with Crippen LogP contribution in [0.1, 0.15) is 15.9 Å². The van der Waals surface area contributed by atoms with Crippen LogP contribution < -0.4 is 4.90 Å². The molecule has 17 heavy (non-hydrogen) atoms. The summed E-state index contributed by atoms with van der Waals surface area (Å²) in [5.74, 6) is 0.00167. The van der Waals surface area contributed by atoms with E-state index in [0.717, 1.165) is 5.69 Å². The number of carbonyl (C=O) groups excluding carboxylic acids is 1. The molecule has 1 aromatic heterocycles. The van der Waals surface area contributed by atoms with Crippen LogP contribution in [0, 0.1) is 0 Å². The van der Waals surface area contributed by atoms with Crippen LogP contribution in [-0.4, -0.2) is 29.7 Å². The van der Waals surface area contributed by atoms with E-state index in [1.165, 1.54) is 0 Å². The molecule has 0 saturated heterocycles. The minimum Gasteiger partial charge on any atom is -0.378 e. The molecule has 0 unspecified atom stereocenters. The maximum Gasteiger partial charge on any atom is 0.196 e. The van der Waals surface area contributed by atoms with Crippen molar-refractivity contribution in [2.75, 3.05) is 19.0 Å². The fourth-order valence-electron chi connectivity index (χ4n) is 1.63. The third-order valence-electron chi connectivity index (χ3n) is 2.59. The van der Waals surface area contributed by atoms with Crippen molar-refractivity contribution in [3.8, 4) is 0 Å². The molecule has 2 rings (SSSR count). The predicted octanol–water partition coefficient (Wildman–Crippen LogP) is 1.72. The number of nitrogens with zero attached hydrogens (tertiary/aromatic N) is 3.